The van der Waals surface area contributed by atoms with Crippen molar-refractivity contribution in [2.75, 3.05) is 26.7 Å². The van der Waals surface area contributed by atoms with Gasteiger partial charge >= 0.3 is 0 Å². The Kier molecular flexibility index (Phi) is 7.39. The molecule has 1 rings (SSSR count). The maximum Gasteiger partial charge on any atom is 0.222 e. The van der Waals surface area contributed by atoms with Gasteiger partial charge in [-0.1, -0.05) is 6.92 Å². The van der Waals surface area contributed by atoms with Gasteiger partial charge in [-0.05, 0) is 45.6 Å². The van der Waals surface area contributed by atoms with Gasteiger partial charge in [0.15, 0.2) is 0 Å². The van der Waals surface area contributed by atoms with E-state index in [2.05, 4.69) is 11.8 Å². The Morgan fingerprint density at radius 3 is 2.58 bits per heavy atom. The van der Waals surface area contributed by atoms with Gasteiger partial charge in [0.25, 0.3) is 0 Å². The summed E-state index contributed by atoms with van der Waals surface area (Å²) in [5.74, 6) is 0.287. The molecule has 0 bridgehead atoms. The SMILES string of the molecule is CCCN1CCC(N(C)C(=O)CCCC(C)N)CC1. The summed E-state index contributed by atoms with van der Waals surface area (Å²) in [5.41, 5.74) is 5.71. The first-order valence-corrected chi connectivity index (χ1v) is 7.78. The fourth-order valence-electron chi connectivity index (χ4n) is 2.80. The number of piperidine rings is 1. The predicted octanol–water partition coefficient (Wildman–Crippen LogP) is 1.84. The zero-order valence-electron chi connectivity index (χ0n) is 12.9. The third kappa shape index (κ3) is 5.91. The van der Waals surface area contributed by atoms with Crippen molar-refractivity contribution in [3.63, 3.8) is 0 Å². The lowest BCUT2D eigenvalue weighted by atomic mass is 10.0. The summed E-state index contributed by atoms with van der Waals surface area (Å²) >= 11 is 0. The number of nitrogens with two attached hydrogens (primary N) is 1. The number of amides is 1. The van der Waals surface area contributed by atoms with Crippen molar-refractivity contribution in [1.29, 1.82) is 0 Å². The van der Waals surface area contributed by atoms with Gasteiger partial charge in [0, 0.05) is 38.6 Å². The van der Waals surface area contributed by atoms with E-state index in [1.54, 1.807) is 0 Å². The predicted molar refractivity (Wildman–Crippen MR) is 80.0 cm³/mol. The van der Waals surface area contributed by atoms with E-state index in [-0.39, 0.29) is 11.9 Å². The summed E-state index contributed by atoms with van der Waals surface area (Å²) in [6.45, 7) is 7.68. The van der Waals surface area contributed by atoms with Crippen molar-refractivity contribution in [2.24, 2.45) is 5.73 Å². The van der Waals surface area contributed by atoms with E-state index < -0.39 is 0 Å². The molecular weight excluding hydrogens is 238 g/mol. The average Bonchev–Trinajstić information content (AvgIpc) is 2.38. The second-order valence-corrected chi connectivity index (χ2v) is 5.95. The lowest BCUT2D eigenvalue weighted by Gasteiger charge is -2.36. The van der Waals surface area contributed by atoms with Crippen LogP contribution < -0.4 is 5.73 Å². The number of rotatable bonds is 7. The van der Waals surface area contributed by atoms with Crippen LogP contribution in [-0.2, 0) is 4.79 Å². The van der Waals surface area contributed by atoms with Gasteiger partial charge in [-0.2, -0.15) is 0 Å². The van der Waals surface area contributed by atoms with Crippen LogP contribution in [0.15, 0.2) is 0 Å². The summed E-state index contributed by atoms with van der Waals surface area (Å²) in [4.78, 5) is 16.6. The highest BCUT2D eigenvalue weighted by atomic mass is 16.2. The van der Waals surface area contributed by atoms with E-state index in [4.69, 9.17) is 5.73 Å². The van der Waals surface area contributed by atoms with Gasteiger partial charge < -0.3 is 15.5 Å². The van der Waals surface area contributed by atoms with Crippen LogP contribution in [0.3, 0.4) is 0 Å². The van der Waals surface area contributed by atoms with Crippen LogP contribution in [0.4, 0.5) is 0 Å². The van der Waals surface area contributed by atoms with Crippen LogP contribution in [0.25, 0.3) is 0 Å². The zero-order chi connectivity index (χ0) is 14.3. The second-order valence-electron chi connectivity index (χ2n) is 5.95. The number of carbonyl (C=O) groups is 1. The van der Waals surface area contributed by atoms with E-state index in [9.17, 15) is 4.79 Å². The quantitative estimate of drug-likeness (QED) is 0.767. The molecule has 0 spiro atoms. The van der Waals surface area contributed by atoms with Gasteiger partial charge in [0.1, 0.15) is 0 Å². The molecule has 1 amide bonds. The molecule has 0 aliphatic carbocycles. The molecule has 0 aromatic rings. The Morgan fingerprint density at radius 2 is 2.05 bits per heavy atom. The van der Waals surface area contributed by atoms with Gasteiger partial charge in [0.2, 0.25) is 5.91 Å². The first-order valence-electron chi connectivity index (χ1n) is 7.78. The summed E-state index contributed by atoms with van der Waals surface area (Å²) in [6, 6.07) is 0.645. The third-order valence-corrected chi connectivity index (χ3v) is 4.09. The van der Waals surface area contributed by atoms with Crippen LogP contribution >= 0.6 is 0 Å². The topological polar surface area (TPSA) is 49.6 Å². The highest BCUT2D eigenvalue weighted by Crippen LogP contribution is 2.17. The molecule has 1 fully saturated rings. The fourth-order valence-corrected chi connectivity index (χ4v) is 2.80. The molecule has 0 radical (unpaired) electrons. The maximum atomic E-state index is 12.1. The molecular formula is C15H31N3O. The summed E-state index contributed by atoms with van der Waals surface area (Å²) in [7, 11) is 1.97. The van der Waals surface area contributed by atoms with Crippen LogP contribution in [0.2, 0.25) is 0 Å². The average molecular weight is 269 g/mol. The number of nitrogens with zero attached hydrogens (tertiary/aromatic N) is 2. The minimum Gasteiger partial charge on any atom is -0.343 e. The molecule has 1 unspecified atom stereocenters. The van der Waals surface area contributed by atoms with Gasteiger partial charge in [-0.3, -0.25) is 4.79 Å². The van der Waals surface area contributed by atoms with E-state index >= 15 is 0 Å². The monoisotopic (exact) mass is 269 g/mol. The number of hydrogen-bond donors (Lipinski definition) is 1. The van der Waals surface area contributed by atoms with E-state index in [0.29, 0.717) is 12.5 Å². The highest BCUT2D eigenvalue weighted by molar-refractivity contribution is 5.76. The zero-order valence-corrected chi connectivity index (χ0v) is 12.9. The van der Waals surface area contributed by atoms with Crippen LogP contribution in [0, 0.1) is 0 Å². The lowest BCUT2D eigenvalue weighted by molar-refractivity contribution is -0.133. The van der Waals surface area contributed by atoms with Crippen molar-refractivity contribution < 1.29 is 4.79 Å². The maximum absolute atomic E-state index is 12.1. The van der Waals surface area contributed by atoms with Crippen molar-refractivity contribution in [3.05, 3.63) is 0 Å². The van der Waals surface area contributed by atoms with Crippen LogP contribution in [0.1, 0.15) is 52.4 Å². The molecule has 2 N–H and O–H groups in total. The van der Waals surface area contributed by atoms with Crippen molar-refractivity contribution >= 4 is 5.91 Å². The van der Waals surface area contributed by atoms with Crippen molar-refractivity contribution in [2.45, 2.75) is 64.5 Å². The molecule has 19 heavy (non-hydrogen) atoms. The molecule has 1 saturated heterocycles. The van der Waals surface area contributed by atoms with Gasteiger partial charge in [0.05, 0.1) is 0 Å². The molecule has 0 saturated carbocycles. The Balaban J connectivity index is 2.25. The number of likely N-dealkylation sites (tertiary alicyclic amines) is 1. The molecule has 1 aliphatic rings. The molecule has 1 atom stereocenters. The lowest BCUT2D eigenvalue weighted by Crippen LogP contribution is -2.45. The Labute approximate surface area is 118 Å². The third-order valence-electron chi connectivity index (χ3n) is 4.09. The molecule has 0 aromatic carbocycles. The molecule has 1 heterocycles. The minimum atomic E-state index is 0.204. The van der Waals surface area contributed by atoms with Crippen molar-refractivity contribution in [3.8, 4) is 0 Å². The second kappa shape index (κ2) is 8.54. The molecule has 4 nitrogen and oxygen atoms in total. The molecule has 112 valence electrons. The largest absolute Gasteiger partial charge is 0.343 e. The normalized spacial score (nSPS) is 19.4. The smallest absolute Gasteiger partial charge is 0.222 e. The summed E-state index contributed by atoms with van der Waals surface area (Å²) in [6.07, 6.45) is 5.96. The molecule has 4 heteroatoms. The Hall–Kier alpha value is -0.610. The first kappa shape index (κ1) is 16.4. The van der Waals surface area contributed by atoms with E-state index in [1.807, 2.05) is 18.9 Å². The Bertz CT molecular complexity index is 260. The summed E-state index contributed by atoms with van der Waals surface area (Å²) in [5, 5.41) is 0. The number of carbonyl (C=O) groups excluding carboxylic acids is 1. The standard InChI is InChI=1S/C15H31N3O/c1-4-10-18-11-8-14(9-12-18)17(3)15(19)7-5-6-13(2)16/h13-14H,4-12,16H2,1-3H3. The van der Waals surface area contributed by atoms with E-state index in [0.717, 1.165) is 38.8 Å². The van der Waals surface area contributed by atoms with Crippen LogP contribution in [0.5, 0.6) is 0 Å². The van der Waals surface area contributed by atoms with Crippen LogP contribution in [-0.4, -0.2) is 54.5 Å². The first-order chi connectivity index (χ1) is 9.04. The summed E-state index contributed by atoms with van der Waals surface area (Å²) < 4.78 is 0. The van der Waals surface area contributed by atoms with E-state index in [1.165, 1.54) is 13.0 Å². The van der Waals surface area contributed by atoms with Gasteiger partial charge in [-0.25, -0.2) is 0 Å². The molecule has 0 aromatic heterocycles. The fraction of sp³-hybridized carbons (Fsp3) is 0.933. The van der Waals surface area contributed by atoms with Crippen molar-refractivity contribution in [1.82, 2.24) is 9.80 Å². The van der Waals surface area contributed by atoms with Gasteiger partial charge in [-0.15, -0.1) is 0 Å². The Morgan fingerprint density at radius 1 is 1.42 bits per heavy atom. The molecule has 1 aliphatic heterocycles. The number of hydrogen-bond acceptors (Lipinski definition) is 3. The highest BCUT2D eigenvalue weighted by Gasteiger charge is 2.24. The minimum absolute atomic E-state index is 0.204.